The van der Waals surface area contributed by atoms with Crippen LogP contribution in [-0.4, -0.2) is 41.2 Å². The van der Waals surface area contributed by atoms with Crippen LogP contribution in [0.15, 0.2) is 29.3 Å². The third-order valence-corrected chi connectivity index (χ3v) is 5.01. The summed E-state index contributed by atoms with van der Waals surface area (Å²) in [5.41, 5.74) is 2.49. The van der Waals surface area contributed by atoms with Gasteiger partial charge in [-0.15, -0.1) is 0 Å². The van der Waals surface area contributed by atoms with Crippen molar-refractivity contribution in [3.63, 3.8) is 0 Å². The number of hydrogen-bond donors (Lipinski definition) is 2. The van der Waals surface area contributed by atoms with Crippen LogP contribution in [0.5, 0.6) is 0 Å². The van der Waals surface area contributed by atoms with E-state index in [4.69, 9.17) is 0 Å². The maximum atomic E-state index is 12.6. The molecule has 0 aromatic carbocycles. The summed E-state index contributed by atoms with van der Waals surface area (Å²) in [6.45, 7) is 2.69. The third-order valence-electron chi connectivity index (χ3n) is 4.23. The molecule has 0 saturated carbocycles. The Morgan fingerprint density at radius 1 is 1.14 bits per heavy atom. The van der Waals surface area contributed by atoms with Crippen molar-refractivity contribution in [3.8, 4) is 0 Å². The zero-order valence-corrected chi connectivity index (χ0v) is 17.4. The second-order valence-electron chi connectivity index (χ2n) is 6.33. The van der Waals surface area contributed by atoms with Gasteiger partial charge in [-0.1, -0.05) is 0 Å². The molecule has 0 bridgehead atoms. The molecular weight excluding hydrogens is 428 g/mol. The third kappa shape index (κ3) is 4.47. The van der Waals surface area contributed by atoms with Crippen molar-refractivity contribution in [2.45, 2.75) is 26.4 Å². The Balaban J connectivity index is 1.60. The normalized spacial score (nSPS) is 10.9. The zero-order valence-electron chi connectivity index (χ0n) is 15.8. The van der Waals surface area contributed by atoms with Crippen LogP contribution in [-0.2, 0) is 32.0 Å². The number of amides is 2. The second kappa shape index (κ2) is 8.38. The van der Waals surface area contributed by atoms with E-state index in [0.29, 0.717) is 18.8 Å². The van der Waals surface area contributed by atoms with Gasteiger partial charge in [0.25, 0.3) is 5.91 Å². The molecular formula is C17H21BrN8O2. The summed E-state index contributed by atoms with van der Waals surface area (Å²) in [6.07, 6.45) is 6.88. The minimum Gasteiger partial charge on any atom is -0.346 e. The summed E-state index contributed by atoms with van der Waals surface area (Å²) < 4.78 is 5.74. The highest BCUT2D eigenvalue weighted by Gasteiger charge is 2.19. The molecule has 0 aliphatic rings. The highest BCUT2D eigenvalue weighted by atomic mass is 79.9. The summed E-state index contributed by atoms with van der Waals surface area (Å²) in [5, 5.41) is 17.9. The fraction of sp³-hybridized carbons (Fsp3) is 0.353. The molecule has 0 unspecified atom stereocenters. The number of aromatic nitrogens is 6. The molecule has 3 aromatic heterocycles. The number of carbonyl (C=O) groups is 2. The van der Waals surface area contributed by atoms with E-state index in [1.54, 1.807) is 28.8 Å². The largest absolute Gasteiger partial charge is 0.346 e. The smallest absolute Gasteiger partial charge is 0.271 e. The minimum absolute atomic E-state index is 0.222. The van der Waals surface area contributed by atoms with E-state index >= 15 is 0 Å². The van der Waals surface area contributed by atoms with E-state index in [9.17, 15) is 9.59 Å². The van der Waals surface area contributed by atoms with Crippen molar-refractivity contribution in [2.75, 3.05) is 5.32 Å². The Kier molecular flexibility index (Phi) is 5.93. The molecule has 11 heteroatoms. The minimum atomic E-state index is -0.328. The number of hydrogen-bond acceptors (Lipinski definition) is 5. The molecule has 0 aliphatic carbocycles. The predicted octanol–water partition coefficient (Wildman–Crippen LogP) is 1.38. The zero-order chi connectivity index (χ0) is 20.3. The molecule has 0 aliphatic heterocycles. The van der Waals surface area contributed by atoms with Crippen LogP contribution in [0.4, 0.5) is 5.69 Å². The highest BCUT2D eigenvalue weighted by Crippen LogP contribution is 2.16. The molecule has 10 nitrogen and oxygen atoms in total. The van der Waals surface area contributed by atoms with E-state index in [0.717, 1.165) is 15.7 Å². The fourth-order valence-corrected chi connectivity index (χ4v) is 2.99. The van der Waals surface area contributed by atoms with Gasteiger partial charge in [-0.3, -0.25) is 23.6 Å². The van der Waals surface area contributed by atoms with E-state index in [2.05, 4.69) is 41.9 Å². The maximum Gasteiger partial charge on any atom is 0.271 e. The lowest BCUT2D eigenvalue weighted by Gasteiger charge is -2.09. The van der Waals surface area contributed by atoms with Crippen LogP contribution in [0.3, 0.4) is 0 Å². The molecule has 0 spiro atoms. The van der Waals surface area contributed by atoms with Gasteiger partial charge in [-0.25, -0.2) is 0 Å². The van der Waals surface area contributed by atoms with E-state index in [-0.39, 0.29) is 23.9 Å². The molecule has 28 heavy (non-hydrogen) atoms. The number of nitrogens with zero attached hydrogens (tertiary/aromatic N) is 6. The van der Waals surface area contributed by atoms with Crippen LogP contribution < -0.4 is 10.6 Å². The Morgan fingerprint density at radius 2 is 1.93 bits per heavy atom. The summed E-state index contributed by atoms with van der Waals surface area (Å²) in [4.78, 5) is 24.9. The van der Waals surface area contributed by atoms with Gasteiger partial charge in [0.1, 0.15) is 5.69 Å². The summed E-state index contributed by atoms with van der Waals surface area (Å²) in [7, 11) is 3.46. The Bertz CT molecular complexity index is 1000. The lowest BCUT2D eigenvalue weighted by atomic mass is 10.3. The molecule has 0 saturated heterocycles. The number of aryl methyl sites for hydroxylation is 3. The molecule has 0 radical (unpaired) electrons. The number of nitrogens with one attached hydrogen (secondary N) is 2. The van der Waals surface area contributed by atoms with E-state index in [1.807, 2.05) is 20.2 Å². The first kappa shape index (κ1) is 19.8. The topological polar surface area (TPSA) is 112 Å². The monoisotopic (exact) mass is 448 g/mol. The Hall–Kier alpha value is -2.95. The molecule has 2 amide bonds. The van der Waals surface area contributed by atoms with Crippen molar-refractivity contribution >= 4 is 33.4 Å². The van der Waals surface area contributed by atoms with Crippen molar-refractivity contribution in [2.24, 2.45) is 14.1 Å². The fourth-order valence-electron chi connectivity index (χ4n) is 2.70. The number of carbonyl (C=O) groups excluding carboxylic acids is 2. The van der Waals surface area contributed by atoms with Crippen LogP contribution in [0.2, 0.25) is 0 Å². The second-order valence-corrected chi connectivity index (χ2v) is 7.19. The average molecular weight is 449 g/mol. The SMILES string of the molecule is Cc1c(Br)cnn1CCC(=O)Nc1cnn(C)c1C(=O)NCc1cnn(C)c1. The van der Waals surface area contributed by atoms with Gasteiger partial charge in [-0.2, -0.15) is 15.3 Å². The van der Waals surface area contributed by atoms with Gasteiger partial charge in [0, 0.05) is 44.5 Å². The first-order valence-electron chi connectivity index (χ1n) is 8.60. The van der Waals surface area contributed by atoms with Gasteiger partial charge in [-0.05, 0) is 22.9 Å². The maximum absolute atomic E-state index is 12.6. The van der Waals surface area contributed by atoms with Crippen molar-refractivity contribution < 1.29 is 9.59 Å². The van der Waals surface area contributed by atoms with Crippen molar-refractivity contribution in [1.29, 1.82) is 0 Å². The molecule has 2 N–H and O–H groups in total. The van der Waals surface area contributed by atoms with Gasteiger partial charge in [0.15, 0.2) is 0 Å². The Morgan fingerprint density at radius 3 is 2.57 bits per heavy atom. The molecule has 148 valence electrons. The summed E-state index contributed by atoms with van der Waals surface area (Å²) >= 11 is 3.39. The average Bonchev–Trinajstić information content (AvgIpc) is 3.32. The van der Waals surface area contributed by atoms with Gasteiger partial charge < -0.3 is 10.6 Å². The molecule has 3 heterocycles. The standard InChI is InChI=1S/C17H21BrN8O2/c1-11-13(18)8-22-26(11)5-4-15(27)23-14-9-21-25(3)16(14)17(28)19-6-12-7-20-24(2)10-12/h7-10H,4-6H2,1-3H3,(H,19,28)(H,23,27). The quantitative estimate of drug-likeness (QED) is 0.566. The molecule has 3 rings (SSSR count). The van der Waals surface area contributed by atoms with E-state index < -0.39 is 0 Å². The number of rotatable bonds is 7. The van der Waals surface area contributed by atoms with Gasteiger partial charge in [0.05, 0.1) is 35.3 Å². The van der Waals surface area contributed by atoms with E-state index in [1.165, 1.54) is 10.9 Å². The van der Waals surface area contributed by atoms with Gasteiger partial charge >= 0.3 is 0 Å². The molecule has 0 atom stereocenters. The van der Waals surface area contributed by atoms with Crippen LogP contribution >= 0.6 is 15.9 Å². The number of anilines is 1. The lowest BCUT2D eigenvalue weighted by molar-refractivity contribution is -0.116. The van der Waals surface area contributed by atoms with Crippen molar-refractivity contribution in [1.82, 2.24) is 34.7 Å². The van der Waals surface area contributed by atoms with Crippen LogP contribution in [0, 0.1) is 6.92 Å². The first-order valence-corrected chi connectivity index (χ1v) is 9.40. The first-order chi connectivity index (χ1) is 13.3. The van der Waals surface area contributed by atoms with Gasteiger partial charge in [0.2, 0.25) is 5.91 Å². The summed E-state index contributed by atoms with van der Waals surface area (Å²) in [6, 6.07) is 0. The Labute approximate surface area is 170 Å². The molecule has 3 aromatic rings. The highest BCUT2D eigenvalue weighted by molar-refractivity contribution is 9.10. The number of halogens is 1. The van der Waals surface area contributed by atoms with Crippen LogP contribution in [0.1, 0.15) is 28.2 Å². The van der Waals surface area contributed by atoms with Crippen molar-refractivity contribution in [3.05, 3.63) is 46.2 Å². The molecule has 0 fully saturated rings. The predicted molar refractivity (Wildman–Crippen MR) is 105 cm³/mol. The summed E-state index contributed by atoms with van der Waals surface area (Å²) in [5.74, 6) is -0.550. The van der Waals surface area contributed by atoms with Crippen LogP contribution in [0.25, 0.3) is 0 Å². The lowest BCUT2D eigenvalue weighted by Crippen LogP contribution is -2.27.